The number of fused-ring (bicyclic) bond motifs is 1. The van der Waals surface area contributed by atoms with Crippen LogP contribution in [0.5, 0.6) is 0 Å². The summed E-state index contributed by atoms with van der Waals surface area (Å²) in [5.41, 5.74) is 1.99. The third kappa shape index (κ3) is 1.33. The van der Waals surface area contributed by atoms with Gasteiger partial charge in [0.25, 0.3) is 0 Å². The van der Waals surface area contributed by atoms with E-state index >= 15 is 0 Å². The molecule has 0 aliphatic carbocycles. The van der Waals surface area contributed by atoms with Crippen LogP contribution in [0, 0.1) is 0 Å². The highest BCUT2D eigenvalue weighted by molar-refractivity contribution is 5.71. The van der Waals surface area contributed by atoms with E-state index in [1.54, 1.807) is 0 Å². The van der Waals surface area contributed by atoms with Crippen molar-refractivity contribution in [2.24, 2.45) is 7.05 Å². The molecule has 0 bridgehead atoms. The second-order valence-corrected chi connectivity index (χ2v) is 4.06. The molecule has 1 atom stereocenters. The molecule has 0 unspecified atom stereocenters. The number of rotatable bonds is 1. The summed E-state index contributed by atoms with van der Waals surface area (Å²) in [6.45, 7) is 2.14. The summed E-state index contributed by atoms with van der Waals surface area (Å²) in [6.07, 6.45) is 3.00. The van der Waals surface area contributed by atoms with Crippen LogP contribution < -0.4 is 5.32 Å². The predicted molar refractivity (Wildman–Crippen MR) is 58.7 cm³/mol. The molecule has 0 amide bonds. The number of hydrogen-bond acceptors (Lipinski definition) is 3. The van der Waals surface area contributed by atoms with Crippen molar-refractivity contribution in [3.8, 4) is 0 Å². The molecule has 0 aromatic carbocycles. The zero-order chi connectivity index (χ0) is 10.3. The molecule has 1 aliphatic rings. The van der Waals surface area contributed by atoms with Crippen LogP contribution in [0.4, 0.5) is 0 Å². The van der Waals surface area contributed by atoms with Gasteiger partial charge in [-0.3, -0.25) is 0 Å². The lowest BCUT2D eigenvalue weighted by Crippen LogP contribution is -2.11. The van der Waals surface area contributed by atoms with Crippen LogP contribution in [0.25, 0.3) is 11.2 Å². The highest BCUT2D eigenvalue weighted by Gasteiger charge is 2.22. The molecular weight excluding hydrogens is 188 g/mol. The SMILES string of the molecule is Cn1c([C@H]2CCNC2)nc2cccnc21. The number of aromatic nitrogens is 3. The van der Waals surface area contributed by atoms with Crippen molar-refractivity contribution in [1.29, 1.82) is 0 Å². The molecule has 4 heteroatoms. The molecule has 15 heavy (non-hydrogen) atoms. The number of hydrogen-bond donors (Lipinski definition) is 1. The molecule has 1 saturated heterocycles. The molecule has 0 spiro atoms. The van der Waals surface area contributed by atoms with Crippen LogP contribution in [0.15, 0.2) is 18.3 Å². The molecule has 78 valence electrons. The molecule has 1 N–H and O–H groups in total. The lowest BCUT2D eigenvalue weighted by Gasteiger charge is -2.07. The fourth-order valence-electron chi connectivity index (χ4n) is 2.28. The Morgan fingerprint density at radius 1 is 1.53 bits per heavy atom. The van der Waals surface area contributed by atoms with Crippen LogP contribution in [-0.2, 0) is 7.05 Å². The Hall–Kier alpha value is -1.42. The van der Waals surface area contributed by atoms with E-state index in [1.807, 2.05) is 18.3 Å². The summed E-state index contributed by atoms with van der Waals surface area (Å²) < 4.78 is 2.12. The topological polar surface area (TPSA) is 42.7 Å². The van der Waals surface area contributed by atoms with Crippen molar-refractivity contribution in [3.05, 3.63) is 24.2 Å². The van der Waals surface area contributed by atoms with Gasteiger partial charge < -0.3 is 9.88 Å². The summed E-state index contributed by atoms with van der Waals surface area (Å²) in [7, 11) is 2.05. The monoisotopic (exact) mass is 202 g/mol. The van der Waals surface area contributed by atoms with Gasteiger partial charge in [0.15, 0.2) is 5.65 Å². The van der Waals surface area contributed by atoms with E-state index in [0.29, 0.717) is 5.92 Å². The molecule has 0 radical (unpaired) electrons. The Labute approximate surface area is 88.3 Å². The maximum atomic E-state index is 4.65. The lowest BCUT2D eigenvalue weighted by molar-refractivity contribution is 0.665. The van der Waals surface area contributed by atoms with E-state index in [9.17, 15) is 0 Å². The molecule has 2 aromatic heterocycles. The van der Waals surface area contributed by atoms with Gasteiger partial charge in [0, 0.05) is 25.7 Å². The third-order valence-electron chi connectivity index (χ3n) is 3.09. The highest BCUT2D eigenvalue weighted by atomic mass is 15.1. The van der Waals surface area contributed by atoms with Gasteiger partial charge >= 0.3 is 0 Å². The van der Waals surface area contributed by atoms with E-state index in [4.69, 9.17) is 0 Å². The number of nitrogens with one attached hydrogen (secondary N) is 1. The third-order valence-corrected chi connectivity index (χ3v) is 3.09. The molecule has 1 aliphatic heterocycles. The van der Waals surface area contributed by atoms with Crippen molar-refractivity contribution < 1.29 is 0 Å². The van der Waals surface area contributed by atoms with Gasteiger partial charge in [0.05, 0.1) is 0 Å². The summed E-state index contributed by atoms with van der Waals surface area (Å²) in [6, 6.07) is 3.96. The van der Waals surface area contributed by atoms with Crippen LogP contribution in [0.1, 0.15) is 18.2 Å². The highest BCUT2D eigenvalue weighted by Crippen LogP contribution is 2.23. The summed E-state index contributed by atoms with van der Waals surface area (Å²) in [5, 5.41) is 3.37. The molecule has 2 aromatic rings. The van der Waals surface area contributed by atoms with Gasteiger partial charge in [0.1, 0.15) is 11.3 Å². The molecular formula is C11H14N4. The average Bonchev–Trinajstić information content (AvgIpc) is 2.87. The molecule has 3 rings (SSSR count). The van der Waals surface area contributed by atoms with Crippen LogP contribution in [0.3, 0.4) is 0 Å². The molecule has 0 saturated carbocycles. The van der Waals surface area contributed by atoms with E-state index in [1.165, 1.54) is 6.42 Å². The molecule has 3 heterocycles. The Morgan fingerprint density at radius 3 is 3.20 bits per heavy atom. The second-order valence-electron chi connectivity index (χ2n) is 4.06. The van der Waals surface area contributed by atoms with E-state index in [0.717, 1.165) is 30.1 Å². The fraction of sp³-hybridized carbons (Fsp3) is 0.455. The van der Waals surface area contributed by atoms with Gasteiger partial charge in [-0.1, -0.05) is 0 Å². The lowest BCUT2D eigenvalue weighted by atomic mass is 10.1. The Bertz CT molecular complexity index is 482. The number of aryl methyl sites for hydroxylation is 1. The minimum atomic E-state index is 0.546. The van der Waals surface area contributed by atoms with Crippen molar-refractivity contribution in [2.45, 2.75) is 12.3 Å². The first-order valence-electron chi connectivity index (χ1n) is 5.34. The van der Waals surface area contributed by atoms with Gasteiger partial charge in [-0.05, 0) is 25.1 Å². The number of imidazole rings is 1. The Balaban J connectivity index is 2.14. The van der Waals surface area contributed by atoms with Crippen molar-refractivity contribution in [2.75, 3.05) is 13.1 Å². The normalized spacial score (nSPS) is 21.3. The Kier molecular flexibility index (Phi) is 1.95. The average molecular weight is 202 g/mol. The quantitative estimate of drug-likeness (QED) is 0.751. The summed E-state index contributed by atoms with van der Waals surface area (Å²) in [4.78, 5) is 9.01. The number of pyridine rings is 1. The van der Waals surface area contributed by atoms with Crippen molar-refractivity contribution >= 4 is 11.2 Å². The maximum Gasteiger partial charge on any atom is 0.159 e. The minimum Gasteiger partial charge on any atom is -0.316 e. The van der Waals surface area contributed by atoms with Crippen LogP contribution in [-0.4, -0.2) is 27.6 Å². The smallest absolute Gasteiger partial charge is 0.159 e. The fourth-order valence-corrected chi connectivity index (χ4v) is 2.28. The van der Waals surface area contributed by atoms with E-state index in [2.05, 4.69) is 26.9 Å². The second kappa shape index (κ2) is 3.31. The standard InChI is InChI=1S/C11H14N4/c1-15-10(8-4-6-12-7-8)14-9-3-2-5-13-11(9)15/h2-3,5,8,12H,4,6-7H2,1H3/t8-/m0/s1. The van der Waals surface area contributed by atoms with E-state index in [-0.39, 0.29) is 0 Å². The molecule has 1 fully saturated rings. The van der Waals surface area contributed by atoms with Crippen LogP contribution >= 0.6 is 0 Å². The zero-order valence-electron chi connectivity index (χ0n) is 8.77. The number of nitrogens with zero attached hydrogens (tertiary/aromatic N) is 3. The summed E-state index contributed by atoms with van der Waals surface area (Å²) in [5.74, 6) is 1.71. The zero-order valence-corrected chi connectivity index (χ0v) is 8.77. The summed E-state index contributed by atoms with van der Waals surface area (Å²) >= 11 is 0. The Morgan fingerprint density at radius 2 is 2.47 bits per heavy atom. The van der Waals surface area contributed by atoms with Crippen LogP contribution in [0.2, 0.25) is 0 Å². The minimum absolute atomic E-state index is 0.546. The van der Waals surface area contributed by atoms with E-state index < -0.39 is 0 Å². The van der Waals surface area contributed by atoms with Gasteiger partial charge in [-0.2, -0.15) is 0 Å². The molecule has 4 nitrogen and oxygen atoms in total. The van der Waals surface area contributed by atoms with Gasteiger partial charge in [0.2, 0.25) is 0 Å². The first-order chi connectivity index (χ1) is 7.36. The van der Waals surface area contributed by atoms with Gasteiger partial charge in [-0.15, -0.1) is 0 Å². The van der Waals surface area contributed by atoms with Crippen molar-refractivity contribution in [3.63, 3.8) is 0 Å². The van der Waals surface area contributed by atoms with Crippen molar-refractivity contribution in [1.82, 2.24) is 19.9 Å². The largest absolute Gasteiger partial charge is 0.316 e. The first kappa shape index (κ1) is 8.85. The maximum absolute atomic E-state index is 4.65. The van der Waals surface area contributed by atoms with Gasteiger partial charge in [-0.25, -0.2) is 9.97 Å². The predicted octanol–water partition coefficient (Wildman–Crippen LogP) is 1.05. The first-order valence-corrected chi connectivity index (χ1v) is 5.34.